The van der Waals surface area contributed by atoms with E-state index >= 15 is 0 Å². The van der Waals surface area contributed by atoms with Gasteiger partial charge in [0.25, 0.3) is 11.8 Å². The fraction of sp³-hybridized carbons (Fsp3) is 0.294. The van der Waals surface area contributed by atoms with Gasteiger partial charge in [0.05, 0.1) is 6.10 Å². The van der Waals surface area contributed by atoms with E-state index in [0.717, 1.165) is 29.2 Å². The molecule has 0 radical (unpaired) electrons. The number of rotatable bonds is 14. The minimum atomic E-state index is -1.20. The van der Waals surface area contributed by atoms with Crippen LogP contribution in [0.4, 0.5) is 8.78 Å². The molecule has 3 rings (SSSR count). The van der Waals surface area contributed by atoms with Crippen molar-refractivity contribution in [2.24, 2.45) is 5.73 Å². The van der Waals surface area contributed by atoms with Crippen molar-refractivity contribution in [1.82, 2.24) is 9.80 Å². The molecule has 3 aromatic rings. The second kappa shape index (κ2) is 15.2. The molecule has 0 aliphatic heterocycles. The Morgan fingerprint density at radius 2 is 1.45 bits per heavy atom. The second-order valence-corrected chi connectivity index (χ2v) is 10.4. The van der Waals surface area contributed by atoms with Crippen molar-refractivity contribution >= 4 is 11.8 Å². The van der Waals surface area contributed by atoms with E-state index in [9.17, 15) is 23.5 Å². The molecule has 0 spiro atoms. The fourth-order valence-corrected chi connectivity index (χ4v) is 4.83. The van der Waals surface area contributed by atoms with Crippen LogP contribution >= 0.6 is 0 Å². The summed E-state index contributed by atoms with van der Waals surface area (Å²) in [6, 6.07) is 15.0. The molecule has 222 valence electrons. The van der Waals surface area contributed by atoms with E-state index in [1.807, 2.05) is 31.2 Å². The molecular weight excluding hydrogens is 536 g/mol. The van der Waals surface area contributed by atoms with E-state index in [1.165, 1.54) is 17.0 Å². The van der Waals surface area contributed by atoms with Crippen LogP contribution in [0.25, 0.3) is 0 Å². The van der Waals surface area contributed by atoms with Gasteiger partial charge in [-0.1, -0.05) is 43.3 Å². The van der Waals surface area contributed by atoms with Crippen LogP contribution in [0.2, 0.25) is 0 Å². The highest BCUT2D eigenvalue weighted by Gasteiger charge is 2.25. The maximum Gasteiger partial charge on any atom is 0.254 e. The van der Waals surface area contributed by atoms with Crippen molar-refractivity contribution < 1.29 is 23.5 Å². The van der Waals surface area contributed by atoms with E-state index in [1.54, 1.807) is 42.2 Å². The van der Waals surface area contributed by atoms with Crippen molar-refractivity contribution in [3.63, 3.8) is 0 Å². The maximum atomic E-state index is 14.0. The molecule has 0 saturated carbocycles. The van der Waals surface area contributed by atoms with Gasteiger partial charge in [0, 0.05) is 49.4 Å². The average molecular weight is 576 g/mol. The van der Waals surface area contributed by atoms with Gasteiger partial charge in [0.1, 0.15) is 11.6 Å². The summed E-state index contributed by atoms with van der Waals surface area (Å²) in [5.74, 6) is -2.12. The van der Waals surface area contributed by atoms with Gasteiger partial charge in [-0.2, -0.15) is 0 Å². The third kappa shape index (κ3) is 8.93. The molecule has 0 unspecified atom stereocenters. The van der Waals surface area contributed by atoms with Gasteiger partial charge in [-0.15, -0.1) is 13.2 Å². The van der Waals surface area contributed by atoms with E-state index in [0.29, 0.717) is 24.2 Å². The molecule has 0 aromatic heterocycles. The van der Waals surface area contributed by atoms with E-state index < -0.39 is 29.7 Å². The van der Waals surface area contributed by atoms with Crippen LogP contribution in [0.1, 0.15) is 49.9 Å². The summed E-state index contributed by atoms with van der Waals surface area (Å²) in [5, 5.41) is 11.1. The zero-order chi connectivity index (χ0) is 30.8. The number of nitrogens with zero attached hydrogens (tertiary/aromatic N) is 2. The van der Waals surface area contributed by atoms with Crippen LogP contribution in [0, 0.1) is 18.6 Å². The van der Waals surface area contributed by atoms with Gasteiger partial charge in [-0.25, -0.2) is 8.78 Å². The number of aliphatic hydroxyl groups is 1. The molecule has 0 saturated heterocycles. The van der Waals surface area contributed by atoms with Crippen molar-refractivity contribution in [2.75, 3.05) is 19.6 Å². The first kappa shape index (κ1) is 32.4. The lowest BCUT2D eigenvalue weighted by molar-refractivity contribution is 0.0554. The Morgan fingerprint density at radius 1 is 0.881 bits per heavy atom. The Labute approximate surface area is 246 Å². The van der Waals surface area contributed by atoms with E-state index in [4.69, 9.17) is 5.73 Å². The lowest BCUT2D eigenvalue weighted by atomic mass is 10.00. The maximum absolute atomic E-state index is 14.0. The zero-order valence-corrected chi connectivity index (χ0v) is 24.2. The molecule has 6 nitrogen and oxygen atoms in total. The quantitative estimate of drug-likeness (QED) is 0.258. The van der Waals surface area contributed by atoms with Gasteiger partial charge in [-0.05, 0) is 72.4 Å². The number of nitrogens with two attached hydrogens (primary N) is 1. The number of carbonyl (C=O) groups excluding carboxylic acids is 2. The first-order valence-corrected chi connectivity index (χ1v) is 13.9. The van der Waals surface area contributed by atoms with E-state index in [2.05, 4.69) is 13.2 Å². The number of amides is 2. The highest BCUT2D eigenvalue weighted by Crippen LogP contribution is 2.19. The third-order valence-corrected chi connectivity index (χ3v) is 6.91. The summed E-state index contributed by atoms with van der Waals surface area (Å²) in [7, 11) is 0. The molecule has 2 atom stereocenters. The van der Waals surface area contributed by atoms with Gasteiger partial charge in [0.15, 0.2) is 0 Å². The van der Waals surface area contributed by atoms with Crippen LogP contribution in [0.5, 0.6) is 0 Å². The SMILES string of the molecule is C=CCN(CC=C)C(=O)c1cc(C)cc(C(=O)N(Cc2cccc(CC)c2)C[C@@H](O)[C@@H](N)Cc2cc(F)cc(F)c2)c1. The molecule has 0 bridgehead atoms. The summed E-state index contributed by atoms with van der Waals surface area (Å²) >= 11 is 0. The topological polar surface area (TPSA) is 86.9 Å². The molecule has 8 heteroatoms. The lowest BCUT2D eigenvalue weighted by Gasteiger charge is -2.29. The van der Waals surface area contributed by atoms with Crippen LogP contribution in [-0.4, -0.2) is 58.5 Å². The minimum absolute atomic E-state index is 0.00866. The Hall–Kier alpha value is -4.14. The number of aliphatic hydroxyl groups excluding tert-OH is 1. The third-order valence-electron chi connectivity index (χ3n) is 6.91. The van der Waals surface area contributed by atoms with Gasteiger partial charge < -0.3 is 20.6 Å². The van der Waals surface area contributed by atoms with Gasteiger partial charge in [-0.3, -0.25) is 9.59 Å². The number of hydrogen-bond donors (Lipinski definition) is 2. The summed E-state index contributed by atoms with van der Waals surface area (Å²) in [6.45, 7) is 12.0. The van der Waals surface area contributed by atoms with Gasteiger partial charge >= 0.3 is 0 Å². The summed E-state index contributed by atoms with van der Waals surface area (Å²) < 4.78 is 27.4. The molecule has 0 fully saturated rings. The largest absolute Gasteiger partial charge is 0.390 e. The zero-order valence-electron chi connectivity index (χ0n) is 24.2. The number of hydrogen-bond acceptors (Lipinski definition) is 4. The smallest absolute Gasteiger partial charge is 0.254 e. The Bertz CT molecular complexity index is 1390. The van der Waals surface area contributed by atoms with Crippen molar-refractivity contribution in [3.05, 3.63) is 131 Å². The second-order valence-electron chi connectivity index (χ2n) is 10.4. The number of aryl methyl sites for hydroxylation is 2. The number of benzene rings is 3. The lowest BCUT2D eigenvalue weighted by Crippen LogP contribution is -2.46. The van der Waals surface area contributed by atoms with Crippen molar-refractivity contribution in [3.8, 4) is 0 Å². The van der Waals surface area contributed by atoms with Crippen molar-refractivity contribution in [1.29, 1.82) is 0 Å². The standard InChI is InChI=1S/C34H39F2N3O3/c1-5-11-38(12-6-2)33(41)27-13-23(4)14-28(19-27)34(42)39(21-25-10-8-9-24(7-3)15-25)22-32(40)31(37)18-26-16-29(35)20-30(36)17-26/h5-6,8-10,13-17,19-20,31-32,40H,1-2,7,11-12,18,21-22,37H2,3-4H3/t31-,32+/m0/s1. The van der Waals surface area contributed by atoms with Crippen LogP contribution in [0.15, 0.2) is 86.0 Å². The first-order chi connectivity index (χ1) is 20.0. The van der Waals surface area contributed by atoms with Crippen LogP contribution < -0.4 is 5.73 Å². The Kier molecular flexibility index (Phi) is 11.7. The first-order valence-electron chi connectivity index (χ1n) is 13.9. The monoisotopic (exact) mass is 575 g/mol. The highest BCUT2D eigenvalue weighted by atomic mass is 19.1. The van der Waals surface area contributed by atoms with Crippen LogP contribution in [-0.2, 0) is 19.4 Å². The summed E-state index contributed by atoms with van der Waals surface area (Å²) in [5.41, 5.74) is 9.87. The molecule has 0 aliphatic rings. The Morgan fingerprint density at radius 3 is 2.02 bits per heavy atom. The molecule has 42 heavy (non-hydrogen) atoms. The predicted octanol–water partition coefficient (Wildman–Crippen LogP) is 5.22. The van der Waals surface area contributed by atoms with Gasteiger partial charge in [0.2, 0.25) is 0 Å². The molecule has 0 heterocycles. The highest BCUT2D eigenvalue weighted by molar-refractivity contribution is 6.00. The summed E-state index contributed by atoms with van der Waals surface area (Å²) in [4.78, 5) is 30.3. The molecular formula is C34H39F2N3O3. The van der Waals surface area contributed by atoms with Crippen molar-refractivity contribution in [2.45, 2.75) is 45.4 Å². The number of carbonyl (C=O) groups is 2. The normalized spacial score (nSPS) is 12.3. The van der Waals surface area contributed by atoms with E-state index in [-0.39, 0.29) is 31.0 Å². The predicted molar refractivity (Wildman–Crippen MR) is 162 cm³/mol. The molecule has 2 amide bonds. The molecule has 3 aromatic carbocycles. The summed E-state index contributed by atoms with van der Waals surface area (Å²) in [6.07, 6.45) is 2.87. The number of halogens is 2. The average Bonchev–Trinajstić information content (AvgIpc) is 2.95. The molecule has 0 aliphatic carbocycles. The fourth-order valence-electron chi connectivity index (χ4n) is 4.83. The Balaban J connectivity index is 1.92. The minimum Gasteiger partial charge on any atom is -0.390 e. The molecule has 3 N–H and O–H groups in total. The van der Waals surface area contributed by atoms with Crippen LogP contribution in [0.3, 0.4) is 0 Å².